The lowest BCUT2D eigenvalue weighted by atomic mass is 9.95. The Kier molecular flexibility index (Phi) is 6.28. The van der Waals surface area contributed by atoms with Gasteiger partial charge in [0.2, 0.25) is 0 Å². The smallest absolute Gasteiger partial charge is 0.387 e. The number of benzene rings is 1. The second kappa shape index (κ2) is 8.42. The van der Waals surface area contributed by atoms with Gasteiger partial charge in [-0.15, -0.1) is 0 Å². The zero-order valence-corrected chi connectivity index (χ0v) is 13.2. The number of amides is 1. The molecule has 130 valence electrons. The number of nitrogens with one attached hydrogen (secondary N) is 1. The summed E-state index contributed by atoms with van der Waals surface area (Å²) in [6.45, 7) is -1.57. The van der Waals surface area contributed by atoms with Crippen LogP contribution in [0.15, 0.2) is 36.4 Å². The zero-order valence-electron chi connectivity index (χ0n) is 13.2. The van der Waals surface area contributed by atoms with Crippen molar-refractivity contribution < 1.29 is 27.8 Å². The maximum Gasteiger partial charge on any atom is 0.387 e. The van der Waals surface area contributed by atoms with Crippen molar-refractivity contribution in [1.29, 1.82) is 0 Å². The molecule has 1 aromatic carbocycles. The molecule has 0 heterocycles. The number of hydrogen-bond donors (Lipinski definition) is 1. The van der Waals surface area contributed by atoms with Crippen molar-refractivity contribution in [1.82, 2.24) is 0 Å². The summed E-state index contributed by atoms with van der Waals surface area (Å²) in [6, 6.07) is 5.81. The van der Waals surface area contributed by atoms with Gasteiger partial charge in [0.25, 0.3) is 5.91 Å². The molecule has 1 aliphatic carbocycles. The van der Waals surface area contributed by atoms with Gasteiger partial charge in [-0.1, -0.05) is 24.3 Å². The molecule has 1 N–H and O–H groups in total. The fourth-order valence-corrected chi connectivity index (χ4v) is 2.33. The monoisotopic (exact) mass is 339 g/mol. The number of para-hydroxylation sites is 2. The summed E-state index contributed by atoms with van der Waals surface area (Å²) < 4.78 is 34.2. The van der Waals surface area contributed by atoms with E-state index in [4.69, 9.17) is 4.74 Å². The van der Waals surface area contributed by atoms with Gasteiger partial charge in [0.05, 0.1) is 11.6 Å². The molecule has 0 saturated carbocycles. The lowest BCUT2D eigenvalue weighted by Crippen LogP contribution is -2.32. The second-order valence-corrected chi connectivity index (χ2v) is 5.42. The Balaban J connectivity index is 1.94. The van der Waals surface area contributed by atoms with E-state index in [1.807, 2.05) is 12.2 Å². The van der Waals surface area contributed by atoms with Gasteiger partial charge in [-0.25, -0.2) is 0 Å². The maximum atomic E-state index is 12.4. The highest BCUT2D eigenvalue weighted by Gasteiger charge is 2.25. The van der Waals surface area contributed by atoms with Crippen LogP contribution < -0.4 is 10.1 Å². The van der Waals surface area contributed by atoms with Gasteiger partial charge in [-0.2, -0.15) is 8.78 Å². The van der Waals surface area contributed by atoms with Crippen LogP contribution in [0, 0.1) is 5.92 Å². The lowest BCUT2D eigenvalue weighted by molar-refractivity contribution is -0.157. The van der Waals surface area contributed by atoms with Crippen LogP contribution in [-0.2, 0) is 14.3 Å². The summed E-state index contributed by atoms with van der Waals surface area (Å²) in [5.41, 5.74) is 0.0892. The number of hydrogen-bond acceptors (Lipinski definition) is 4. The molecule has 7 heteroatoms. The second-order valence-electron chi connectivity index (χ2n) is 5.42. The molecule has 0 aromatic heterocycles. The van der Waals surface area contributed by atoms with Crippen LogP contribution in [-0.4, -0.2) is 24.6 Å². The molecule has 5 nitrogen and oxygen atoms in total. The van der Waals surface area contributed by atoms with E-state index in [0.29, 0.717) is 12.8 Å². The number of anilines is 1. The standard InChI is InChI=1S/C17H19F2NO4/c1-11(23-16(22)12-7-3-2-4-8-12)15(21)20-13-9-5-6-10-14(13)24-17(18)19/h2-3,5-6,9-12,17H,4,7-8H2,1H3,(H,20,21). The van der Waals surface area contributed by atoms with Crippen LogP contribution in [0.4, 0.5) is 14.5 Å². The molecule has 0 spiro atoms. The third kappa shape index (κ3) is 5.04. The fraction of sp³-hybridized carbons (Fsp3) is 0.412. The topological polar surface area (TPSA) is 64.6 Å². The Labute approximate surface area is 138 Å². The molecular weight excluding hydrogens is 320 g/mol. The third-order valence-electron chi connectivity index (χ3n) is 3.63. The minimum absolute atomic E-state index is 0.0892. The molecule has 1 aliphatic rings. The van der Waals surface area contributed by atoms with E-state index in [2.05, 4.69) is 10.1 Å². The Morgan fingerprint density at radius 2 is 2.00 bits per heavy atom. The van der Waals surface area contributed by atoms with Gasteiger partial charge in [0.1, 0.15) is 5.75 Å². The molecule has 1 aromatic rings. The van der Waals surface area contributed by atoms with Crippen LogP contribution >= 0.6 is 0 Å². The van der Waals surface area contributed by atoms with Crippen LogP contribution in [0.1, 0.15) is 26.2 Å². The number of rotatable bonds is 6. The predicted octanol–water partition coefficient (Wildman–Crippen LogP) is 3.51. The van der Waals surface area contributed by atoms with Crippen LogP contribution in [0.25, 0.3) is 0 Å². The largest absolute Gasteiger partial charge is 0.452 e. The molecule has 0 saturated heterocycles. The maximum absolute atomic E-state index is 12.4. The SMILES string of the molecule is CC(OC(=O)C1CC=CCC1)C(=O)Nc1ccccc1OC(F)F. The number of carbonyl (C=O) groups excluding carboxylic acids is 2. The van der Waals surface area contributed by atoms with Gasteiger partial charge >= 0.3 is 12.6 Å². The minimum Gasteiger partial charge on any atom is -0.452 e. The molecule has 0 bridgehead atoms. The molecule has 24 heavy (non-hydrogen) atoms. The molecule has 2 unspecified atom stereocenters. The van der Waals surface area contributed by atoms with Crippen molar-refractivity contribution in [2.24, 2.45) is 5.92 Å². The number of carbonyl (C=O) groups is 2. The third-order valence-corrected chi connectivity index (χ3v) is 3.63. The van der Waals surface area contributed by atoms with Crippen molar-refractivity contribution in [2.45, 2.75) is 38.9 Å². The van der Waals surface area contributed by atoms with Crippen LogP contribution in [0.5, 0.6) is 5.75 Å². The van der Waals surface area contributed by atoms with Gasteiger partial charge in [-0.05, 0) is 38.3 Å². The first-order valence-corrected chi connectivity index (χ1v) is 7.67. The Morgan fingerprint density at radius 1 is 1.25 bits per heavy atom. The van der Waals surface area contributed by atoms with E-state index < -0.39 is 24.6 Å². The van der Waals surface area contributed by atoms with Gasteiger partial charge in [0, 0.05) is 0 Å². The Hall–Kier alpha value is -2.44. The first-order chi connectivity index (χ1) is 11.5. The average Bonchev–Trinajstić information content (AvgIpc) is 2.56. The van der Waals surface area contributed by atoms with E-state index in [1.54, 1.807) is 6.07 Å². The zero-order chi connectivity index (χ0) is 17.5. The van der Waals surface area contributed by atoms with Crippen LogP contribution in [0.2, 0.25) is 0 Å². The minimum atomic E-state index is -3.00. The van der Waals surface area contributed by atoms with Crippen molar-refractivity contribution in [3.8, 4) is 5.75 Å². The first-order valence-electron chi connectivity index (χ1n) is 7.67. The molecular formula is C17H19F2NO4. The predicted molar refractivity (Wildman–Crippen MR) is 83.7 cm³/mol. The summed E-state index contributed by atoms with van der Waals surface area (Å²) >= 11 is 0. The average molecular weight is 339 g/mol. The number of alkyl halides is 2. The van der Waals surface area contributed by atoms with E-state index in [1.165, 1.54) is 25.1 Å². The normalized spacial score (nSPS) is 18.1. The molecule has 0 radical (unpaired) electrons. The van der Waals surface area contributed by atoms with Crippen LogP contribution in [0.3, 0.4) is 0 Å². The van der Waals surface area contributed by atoms with Gasteiger partial charge < -0.3 is 14.8 Å². The molecule has 1 amide bonds. The highest BCUT2D eigenvalue weighted by Crippen LogP contribution is 2.26. The van der Waals surface area contributed by atoms with Gasteiger partial charge in [-0.3, -0.25) is 9.59 Å². The van der Waals surface area contributed by atoms with Crippen molar-refractivity contribution in [3.63, 3.8) is 0 Å². The quantitative estimate of drug-likeness (QED) is 0.636. The highest BCUT2D eigenvalue weighted by molar-refractivity contribution is 5.96. The number of esters is 1. The molecule has 2 atom stereocenters. The molecule has 2 rings (SSSR count). The van der Waals surface area contributed by atoms with Crippen molar-refractivity contribution in [3.05, 3.63) is 36.4 Å². The summed E-state index contributed by atoms with van der Waals surface area (Å²) in [5.74, 6) is -1.45. The van der Waals surface area contributed by atoms with Gasteiger partial charge in [0.15, 0.2) is 6.10 Å². The van der Waals surface area contributed by atoms with E-state index in [-0.39, 0.29) is 17.4 Å². The summed E-state index contributed by atoms with van der Waals surface area (Å²) in [7, 11) is 0. The van der Waals surface area contributed by atoms with Crippen molar-refractivity contribution >= 4 is 17.6 Å². The fourth-order valence-electron chi connectivity index (χ4n) is 2.33. The molecule has 0 aliphatic heterocycles. The number of ether oxygens (including phenoxy) is 2. The Morgan fingerprint density at radius 3 is 2.67 bits per heavy atom. The summed E-state index contributed by atoms with van der Waals surface area (Å²) in [5, 5.41) is 2.44. The van der Waals surface area contributed by atoms with E-state index >= 15 is 0 Å². The highest BCUT2D eigenvalue weighted by atomic mass is 19.3. The van der Waals surface area contributed by atoms with E-state index in [9.17, 15) is 18.4 Å². The Bertz CT molecular complexity index is 618. The summed E-state index contributed by atoms with van der Waals surface area (Å²) in [6.07, 6.45) is 4.96. The summed E-state index contributed by atoms with van der Waals surface area (Å²) in [4.78, 5) is 24.1. The van der Waals surface area contributed by atoms with Crippen molar-refractivity contribution in [2.75, 3.05) is 5.32 Å². The van der Waals surface area contributed by atoms with E-state index in [0.717, 1.165) is 6.42 Å². The molecule has 0 fully saturated rings. The number of halogens is 2. The number of allylic oxidation sites excluding steroid dienone is 2. The first kappa shape index (κ1) is 17.9. The lowest BCUT2D eigenvalue weighted by Gasteiger charge is -2.20.